The third-order valence-electron chi connectivity index (χ3n) is 7.27. The number of urea groups is 1. The molecule has 0 aliphatic carbocycles. The first-order valence-corrected chi connectivity index (χ1v) is 13.5. The normalized spacial score (nSPS) is 13.8. The Morgan fingerprint density at radius 2 is 1.79 bits per heavy atom. The first-order chi connectivity index (χ1) is 20.2. The van der Waals surface area contributed by atoms with E-state index in [-0.39, 0.29) is 41.7 Å². The second-order valence-corrected chi connectivity index (χ2v) is 10.1. The number of aryl methyl sites for hydroxylation is 1. The fourth-order valence-electron chi connectivity index (χ4n) is 4.86. The molecule has 3 amide bonds. The number of carbonyl (C=O) groups excluding carboxylic acids is 2. The van der Waals surface area contributed by atoms with Crippen molar-refractivity contribution in [1.82, 2.24) is 29.5 Å². The van der Waals surface area contributed by atoms with Crippen LogP contribution < -0.4 is 21.1 Å². The zero-order valence-corrected chi connectivity index (χ0v) is 24.8. The average molecular weight is 615 g/mol. The van der Waals surface area contributed by atoms with E-state index in [0.29, 0.717) is 61.1 Å². The molecule has 14 heteroatoms. The van der Waals surface area contributed by atoms with E-state index in [4.69, 9.17) is 10.5 Å². The third-order valence-corrected chi connectivity index (χ3v) is 7.27. The van der Waals surface area contributed by atoms with Gasteiger partial charge >= 0.3 is 6.03 Å². The maximum atomic E-state index is 14.8. The SMILES string of the molecule is COc1ccc(-c2cnc3c(Nc4ccc(C(=O)N5CCN(C(=O)N[C@H](C)CN)CC5)c(C)c4)nccn23)c(F)c1F.Cl. The zero-order chi connectivity index (χ0) is 30.0. The summed E-state index contributed by atoms with van der Waals surface area (Å²) in [6, 6.07) is 7.84. The number of hydrogen-bond donors (Lipinski definition) is 3. The predicted octanol–water partition coefficient (Wildman–Crippen LogP) is 3.97. The lowest BCUT2D eigenvalue weighted by atomic mass is 10.1. The minimum atomic E-state index is -1.08. The number of aromatic nitrogens is 3. The molecule has 5 rings (SSSR count). The van der Waals surface area contributed by atoms with Gasteiger partial charge in [-0.15, -0.1) is 12.4 Å². The van der Waals surface area contributed by atoms with Gasteiger partial charge in [0.25, 0.3) is 5.91 Å². The van der Waals surface area contributed by atoms with Crippen LogP contribution in [0.1, 0.15) is 22.8 Å². The summed E-state index contributed by atoms with van der Waals surface area (Å²) in [6.07, 6.45) is 4.58. The van der Waals surface area contributed by atoms with Crippen LogP contribution in [0.5, 0.6) is 5.75 Å². The Labute approximate surface area is 253 Å². The van der Waals surface area contributed by atoms with Crippen molar-refractivity contribution >= 4 is 41.5 Å². The number of amides is 3. The van der Waals surface area contributed by atoms with Crippen molar-refractivity contribution in [1.29, 1.82) is 0 Å². The summed E-state index contributed by atoms with van der Waals surface area (Å²) in [6.45, 7) is 5.76. The summed E-state index contributed by atoms with van der Waals surface area (Å²) in [4.78, 5) is 37.8. The molecule has 1 atom stereocenters. The molecule has 2 aromatic heterocycles. The molecule has 0 saturated carbocycles. The number of carbonyl (C=O) groups is 2. The van der Waals surface area contributed by atoms with Crippen LogP contribution in [-0.2, 0) is 0 Å². The third kappa shape index (κ3) is 6.32. The van der Waals surface area contributed by atoms with Crippen LogP contribution in [0.25, 0.3) is 16.9 Å². The second-order valence-electron chi connectivity index (χ2n) is 10.1. The molecule has 11 nitrogen and oxygen atoms in total. The van der Waals surface area contributed by atoms with Crippen molar-refractivity contribution in [2.75, 3.05) is 45.2 Å². The standard InChI is InChI=1S/C29H32F2N8O3.ClH/c1-17-14-19(4-5-20(17)28(40)37-10-12-38(13-11-37)29(41)35-18(2)15-32)36-26-27-34-16-22(39(27)9-8-33-26)21-6-7-23(42-3)25(31)24(21)30;/h4-9,14,16,18H,10-13,15,32H2,1-3H3,(H,33,36)(H,35,41);1H/t18-;/m1./s1. The van der Waals surface area contributed by atoms with Gasteiger partial charge in [-0.3, -0.25) is 9.20 Å². The molecule has 4 aromatic rings. The Balaban J connectivity index is 0.00000423. The van der Waals surface area contributed by atoms with Gasteiger partial charge in [0.2, 0.25) is 5.82 Å². The number of nitrogens with one attached hydrogen (secondary N) is 2. The predicted molar refractivity (Wildman–Crippen MR) is 161 cm³/mol. The largest absolute Gasteiger partial charge is 0.494 e. The maximum absolute atomic E-state index is 14.8. The van der Waals surface area contributed by atoms with Gasteiger partial charge in [-0.2, -0.15) is 4.39 Å². The monoisotopic (exact) mass is 614 g/mol. The highest BCUT2D eigenvalue weighted by atomic mass is 35.5. The molecule has 4 N–H and O–H groups in total. The number of imidazole rings is 1. The van der Waals surface area contributed by atoms with Gasteiger partial charge < -0.3 is 30.9 Å². The number of methoxy groups -OCH3 is 1. The molecule has 1 saturated heterocycles. The number of hydrogen-bond acceptors (Lipinski definition) is 7. The highest BCUT2D eigenvalue weighted by Crippen LogP contribution is 2.31. The summed E-state index contributed by atoms with van der Waals surface area (Å²) in [5.41, 5.74) is 8.35. The Morgan fingerprint density at radius 1 is 1.07 bits per heavy atom. The van der Waals surface area contributed by atoms with E-state index >= 15 is 0 Å². The molecule has 43 heavy (non-hydrogen) atoms. The van der Waals surface area contributed by atoms with Crippen LogP contribution in [0.2, 0.25) is 0 Å². The molecule has 0 radical (unpaired) electrons. The molecule has 1 aliphatic rings. The van der Waals surface area contributed by atoms with Crippen LogP contribution >= 0.6 is 12.4 Å². The number of nitrogens with zero attached hydrogens (tertiary/aromatic N) is 5. The molecule has 228 valence electrons. The Morgan fingerprint density at radius 3 is 2.47 bits per heavy atom. The van der Waals surface area contributed by atoms with E-state index in [0.717, 1.165) is 5.56 Å². The van der Waals surface area contributed by atoms with E-state index < -0.39 is 11.6 Å². The minimum absolute atomic E-state index is 0. The van der Waals surface area contributed by atoms with Gasteiger partial charge in [0.1, 0.15) is 0 Å². The highest BCUT2D eigenvalue weighted by molar-refractivity contribution is 5.96. The number of anilines is 2. The van der Waals surface area contributed by atoms with Gasteiger partial charge in [0.15, 0.2) is 23.0 Å². The molecule has 1 aliphatic heterocycles. The van der Waals surface area contributed by atoms with E-state index in [1.165, 1.54) is 31.6 Å². The van der Waals surface area contributed by atoms with Gasteiger partial charge in [-0.25, -0.2) is 19.2 Å². The van der Waals surface area contributed by atoms with Crippen LogP contribution in [0.4, 0.5) is 25.1 Å². The average Bonchev–Trinajstić information content (AvgIpc) is 3.43. The van der Waals surface area contributed by atoms with Crippen LogP contribution in [-0.4, -0.2) is 82.0 Å². The summed E-state index contributed by atoms with van der Waals surface area (Å²) in [7, 11) is 1.27. The molecular formula is C29H33ClF2N8O3. The van der Waals surface area contributed by atoms with E-state index in [1.54, 1.807) is 32.5 Å². The van der Waals surface area contributed by atoms with Crippen LogP contribution in [0.3, 0.4) is 0 Å². The molecule has 3 heterocycles. The van der Waals surface area contributed by atoms with Crippen molar-refractivity contribution in [3.63, 3.8) is 0 Å². The minimum Gasteiger partial charge on any atom is -0.494 e. The molecule has 1 fully saturated rings. The topological polar surface area (TPSA) is 130 Å². The molecular weight excluding hydrogens is 582 g/mol. The Kier molecular flexibility index (Phi) is 9.66. The van der Waals surface area contributed by atoms with Gasteiger partial charge in [-0.05, 0) is 49.7 Å². The van der Waals surface area contributed by atoms with Crippen molar-refractivity contribution in [2.45, 2.75) is 19.9 Å². The smallest absolute Gasteiger partial charge is 0.317 e. The molecule has 2 aromatic carbocycles. The first-order valence-electron chi connectivity index (χ1n) is 13.5. The van der Waals surface area contributed by atoms with Crippen molar-refractivity contribution in [3.8, 4) is 17.0 Å². The van der Waals surface area contributed by atoms with E-state index in [9.17, 15) is 18.4 Å². The number of piperazine rings is 1. The Hall–Kier alpha value is -4.49. The zero-order valence-electron chi connectivity index (χ0n) is 23.9. The van der Waals surface area contributed by atoms with Crippen molar-refractivity contribution in [2.24, 2.45) is 5.73 Å². The summed E-state index contributed by atoms with van der Waals surface area (Å²) in [5, 5.41) is 6.06. The van der Waals surface area contributed by atoms with Crippen molar-refractivity contribution in [3.05, 3.63) is 71.7 Å². The number of ether oxygens (including phenoxy) is 1. The quantitative estimate of drug-likeness (QED) is 0.287. The second kappa shape index (κ2) is 13.2. The fourth-order valence-corrected chi connectivity index (χ4v) is 4.86. The van der Waals surface area contributed by atoms with Crippen molar-refractivity contribution < 1.29 is 23.1 Å². The maximum Gasteiger partial charge on any atom is 0.317 e. The molecule has 0 spiro atoms. The number of benzene rings is 2. The lowest BCUT2D eigenvalue weighted by molar-refractivity contribution is 0.0663. The van der Waals surface area contributed by atoms with E-state index in [1.807, 2.05) is 19.9 Å². The molecule has 0 bridgehead atoms. The van der Waals surface area contributed by atoms with Crippen LogP contribution in [0.15, 0.2) is 48.9 Å². The van der Waals surface area contributed by atoms with Gasteiger partial charge in [0.05, 0.1) is 19.0 Å². The lowest BCUT2D eigenvalue weighted by Crippen LogP contribution is -2.55. The number of nitrogens with two attached hydrogens (primary N) is 1. The molecule has 0 unspecified atom stereocenters. The van der Waals surface area contributed by atoms with E-state index in [2.05, 4.69) is 20.6 Å². The number of halogens is 3. The Bertz CT molecular complexity index is 1640. The lowest BCUT2D eigenvalue weighted by Gasteiger charge is -2.35. The van der Waals surface area contributed by atoms with Crippen LogP contribution in [0, 0.1) is 18.6 Å². The summed E-state index contributed by atoms with van der Waals surface area (Å²) >= 11 is 0. The summed E-state index contributed by atoms with van der Waals surface area (Å²) in [5.74, 6) is -2.01. The van der Waals surface area contributed by atoms with Gasteiger partial charge in [0, 0.05) is 68.0 Å². The number of fused-ring (bicyclic) bond motifs is 1. The highest BCUT2D eigenvalue weighted by Gasteiger charge is 2.26. The number of rotatable bonds is 7. The first kappa shape index (κ1) is 31.4. The summed E-state index contributed by atoms with van der Waals surface area (Å²) < 4.78 is 35.6. The van der Waals surface area contributed by atoms with Gasteiger partial charge in [-0.1, -0.05) is 0 Å². The fraction of sp³-hybridized carbons (Fsp3) is 0.310.